The van der Waals surface area contributed by atoms with Crippen molar-refractivity contribution in [2.75, 3.05) is 26.2 Å². The molecule has 1 heterocycles. The normalized spacial score (nSPS) is 14.4. The van der Waals surface area contributed by atoms with Crippen LogP contribution in [0.3, 0.4) is 0 Å². The Morgan fingerprint density at radius 3 is 2.31 bits per heavy atom. The first-order valence-corrected chi connectivity index (χ1v) is 14.2. The first-order valence-electron chi connectivity index (χ1n) is 11.8. The highest BCUT2D eigenvalue weighted by Gasteiger charge is 2.25. The van der Waals surface area contributed by atoms with Crippen LogP contribution in [0.4, 0.5) is 0 Å². The molecule has 0 atom stereocenters. The van der Waals surface area contributed by atoms with Crippen LogP contribution in [0.1, 0.15) is 35.2 Å². The molecular weight excluding hydrogens is 480 g/mol. The lowest BCUT2D eigenvalue weighted by atomic mass is 10.2. The highest BCUT2D eigenvalue weighted by Crippen LogP contribution is 2.26. The minimum Gasteiger partial charge on any atom is -0.492 e. The van der Waals surface area contributed by atoms with Crippen molar-refractivity contribution in [2.24, 2.45) is 0 Å². The summed E-state index contributed by atoms with van der Waals surface area (Å²) in [7, 11) is -3.45. The van der Waals surface area contributed by atoms with Crippen molar-refractivity contribution in [2.45, 2.75) is 34.8 Å². The summed E-state index contributed by atoms with van der Waals surface area (Å²) in [6.45, 7) is 1.77. The Labute approximate surface area is 211 Å². The molecule has 0 spiro atoms. The minimum absolute atomic E-state index is 0.146. The molecule has 1 amide bonds. The van der Waals surface area contributed by atoms with Gasteiger partial charge in [0.05, 0.1) is 17.0 Å². The fourth-order valence-electron chi connectivity index (χ4n) is 3.91. The Balaban J connectivity index is 1.26. The van der Waals surface area contributed by atoms with Crippen molar-refractivity contribution in [1.82, 2.24) is 9.62 Å². The van der Waals surface area contributed by atoms with Gasteiger partial charge in [0.25, 0.3) is 5.91 Å². The summed E-state index contributed by atoms with van der Waals surface area (Å²) >= 11 is 1.63. The van der Waals surface area contributed by atoms with Crippen LogP contribution in [-0.2, 0) is 15.8 Å². The Morgan fingerprint density at radius 1 is 0.886 bits per heavy atom. The van der Waals surface area contributed by atoms with E-state index < -0.39 is 10.0 Å². The molecule has 0 radical (unpaired) electrons. The van der Waals surface area contributed by atoms with E-state index in [1.54, 1.807) is 40.3 Å². The van der Waals surface area contributed by atoms with E-state index in [-0.39, 0.29) is 17.4 Å². The zero-order valence-corrected chi connectivity index (χ0v) is 21.2. The molecule has 1 saturated heterocycles. The lowest BCUT2D eigenvalue weighted by Crippen LogP contribution is -2.35. The number of benzene rings is 3. The number of carbonyl (C=O) groups is 1. The second kappa shape index (κ2) is 12.2. The topological polar surface area (TPSA) is 75.7 Å². The number of piperidine rings is 1. The number of thioether (sulfide) groups is 1. The molecule has 0 unspecified atom stereocenters. The first kappa shape index (κ1) is 25.3. The number of carbonyl (C=O) groups excluding carboxylic acids is 1. The maximum absolute atomic E-state index is 12.8. The van der Waals surface area contributed by atoms with E-state index in [2.05, 4.69) is 17.4 Å². The van der Waals surface area contributed by atoms with E-state index in [0.29, 0.717) is 30.9 Å². The molecule has 184 valence electrons. The van der Waals surface area contributed by atoms with Crippen molar-refractivity contribution >= 4 is 27.7 Å². The highest BCUT2D eigenvalue weighted by molar-refractivity contribution is 7.98. The molecule has 1 fully saturated rings. The monoisotopic (exact) mass is 510 g/mol. The molecule has 1 aliphatic rings. The molecule has 0 aliphatic carbocycles. The van der Waals surface area contributed by atoms with Gasteiger partial charge in [-0.25, -0.2) is 8.42 Å². The summed E-state index contributed by atoms with van der Waals surface area (Å²) in [5.41, 5.74) is 1.84. The molecule has 1 aliphatic heterocycles. The van der Waals surface area contributed by atoms with Crippen LogP contribution >= 0.6 is 11.8 Å². The predicted octanol–water partition coefficient (Wildman–Crippen LogP) is 4.96. The first-order chi connectivity index (χ1) is 17.0. The van der Waals surface area contributed by atoms with Gasteiger partial charge in [-0.2, -0.15) is 4.31 Å². The third-order valence-corrected chi connectivity index (χ3v) is 8.86. The van der Waals surface area contributed by atoms with Crippen LogP contribution in [0.25, 0.3) is 0 Å². The van der Waals surface area contributed by atoms with Crippen LogP contribution in [0.5, 0.6) is 5.75 Å². The van der Waals surface area contributed by atoms with Gasteiger partial charge in [0.2, 0.25) is 10.0 Å². The smallest absolute Gasteiger partial charge is 0.252 e. The van der Waals surface area contributed by atoms with Crippen LogP contribution in [0.2, 0.25) is 0 Å². The maximum atomic E-state index is 12.8. The van der Waals surface area contributed by atoms with Crippen LogP contribution in [0.15, 0.2) is 88.7 Å². The highest BCUT2D eigenvalue weighted by atomic mass is 32.2. The van der Waals surface area contributed by atoms with Gasteiger partial charge in [0, 0.05) is 23.7 Å². The number of sulfonamides is 1. The summed E-state index contributed by atoms with van der Waals surface area (Å²) in [6.07, 6.45) is 2.89. The molecule has 3 aromatic rings. The fraction of sp³-hybridized carbons (Fsp3) is 0.296. The van der Waals surface area contributed by atoms with Crippen molar-refractivity contribution in [3.05, 3.63) is 90.0 Å². The zero-order chi connectivity index (χ0) is 24.5. The predicted molar refractivity (Wildman–Crippen MR) is 139 cm³/mol. The van der Waals surface area contributed by atoms with E-state index in [1.165, 1.54) is 5.56 Å². The molecular formula is C27H30N2O4S2. The fourth-order valence-corrected chi connectivity index (χ4v) is 6.43. The van der Waals surface area contributed by atoms with Crippen molar-refractivity contribution < 1.29 is 17.9 Å². The van der Waals surface area contributed by atoms with Gasteiger partial charge in [-0.15, -0.1) is 11.8 Å². The van der Waals surface area contributed by atoms with E-state index in [9.17, 15) is 13.2 Å². The van der Waals surface area contributed by atoms with Gasteiger partial charge in [0.15, 0.2) is 0 Å². The number of nitrogens with one attached hydrogen (secondary N) is 1. The molecule has 6 nitrogen and oxygen atoms in total. The lowest BCUT2D eigenvalue weighted by molar-refractivity contribution is 0.0944. The number of rotatable bonds is 10. The summed E-state index contributed by atoms with van der Waals surface area (Å²) in [4.78, 5) is 14.0. The lowest BCUT2D eigenvalue weighted by Gasteiger charge is -2.25. The molecule has 1 N–H and O–H groups in total. The van der Waals surface area contributed by atoms with E-state index in [1.807, 2.05) is 42.5 Å². The van der Waals surface area contributed by atoms with E-state index >= 15 is 0 Å². The molecule has 0 aromatic heterocycles. The van der Waals surface area contributed by atoms with E-state index in [4.69, 9.17) is 4.74 Å². The zero-order valence-electron chi connectivity index (χ0n) is 19.6. The summed E-state index contributed by atoms with van der Waals surface area (Å²) in [6, 6.07) is 24.2. The van der Waals surface area contributed by atoms with Gasteiger partial charge >= 0.3 is 0 Å². The van der Waals surface area contributed by atoms with Gasteiger partial charge in [-0.1, -0.05) is 48.9 Å². The van der Waals surface area contributed by atoms with Gasteiger partial charge < -0.3 is 10.1 Å². The van der Waals surface area contributed by atoms with Gasteiger partial charge in [-0.05, 0) is 54.8 Å². The molecule has 35 heavy (non-hydrogen) atoms. The molecule has 3 aromatic carbocycles. The van der Waals surface area contributed by atoms with Crippen LogP contribution < -0.4 is 10.1 Å². The van der Waals surface area contributed by atoms with Crippen molar-refractivity contribution in [3.8, 4) is 5.75 Å². The second-order valence-electron chi connectivity index (χ2n) is 8.31. The number of hydrogen-bond donors (Lipinski definition) is 1. The maximum Gasteiger partial charge on any atom is 0.252 e. The number of ether oxygens (including phenoxy) is 1. The minimum atomic E-state index is -3.45. The SMILES string of the molecule is O=C(NCCOc1ccc(S(=O)(=O)N2CCCCC2)cc1)c1ccccc1SCc1ccccc1. The summed E-state index contributed by atoms with van der Waals surface area (Å²) < 4.78 is 32.8. The summed E-state index contributed by atoms with van der Waals surface area (Å²) in [5.74, 6) is 1.21. The second-order valence-corrected chi connectivity index (χ2v) is 11.3. The Bertz CT molecular complexity index is 1210. The number of hydrogen-bond acceptors (Lipinski definition) is 5. The average Bonchev–Trinajstić information content (AvgIpc) is 2.91. The third-order valence-electron chi connectivity index (χ3n) is 5.80. The van der Waals surface area contributed by atoms with Crippen LogP contribution in [-0.4, -0.2) is 44.9 Å². The van der Waals surface area contributed by atoms with Crippen molar-refractivity contribution in [3.63, 3.8) is 0 Å². The van der Waals surface area contributed by atoms with Crippen molar-refractivity contribution in [1.29, 1.82) is 0 Å². The van der Waals surface area contributed by atoms with Gasteiger partial charge in [-0.3, -0.25) is 4.79 Å². The summed E-state index contributed by atoms with van der Waals surface area (Å²) in [5, 5.41) is 2.91. The Hall–Kier alpha value is -2.81. The Kier molecular flexibility index (Phi) is 8.84. The van der Waals surface area contributed by atoms with Gasteiger partial charge in [0.1, 0.15) is 12.4 Å². The Morgan fingerprint density at radius 2 is 1.57 bits per heavy atom. The molecule has 0 saturated carbocycles. The average molecular weight is 511 g/mol. The quantitative estimate of drug-likeness (QED) is 0.308. The molecule has 0 bridgehead atoms. The standard InChI is InChI=1S/C27H30N2O4S2/c30-27(25-11-5-6-12-26(25)34-21-22-9-3-1-4-10-22)28-17-20-33-23-13-15-24(16-14-23)35(31,32)29-18-7-2-8-19-29/h1,3-6,9-16H,2,7-8,17-21H2,(H,28,30). The molecule has 8 heteroatoms. The number of amides is 1. The third kappa shape index (κ3) is 6.87. The van der Waals surface area contributed by atoms with Crippen LogP contribution in [0, 0.1) is 0 Å². The number of nitrogens with zero attached hydrogens (tertiary/aromatic N) is 1. The van der Waals surface area contributed by atoms with E-state index in [0.717, 1.165) is 29.9 Å². The largest absolute Gasteiger partial charge is 0.492 e. The molecule has 4 rings (SSSR count).